The van der Waals surface area contributed by atoms with Crippen LogP contribution in [0.3, 0.4) is 0 Å². The lowest BCUT2D eigenvalue weighted by molar-refractivity contribution is 0.405. The van der Waals surface area contributed by atoms with Gasteiger partial charge in [-0.15, -0.1) is 0 Å². The van der Waals surface area contributed by atoms with Crippen molar-refractivity contribution in [2.75, 3.05) is 0 Å². The topological polar surface area (TPSA) is 22.1 Å². The van der Waals surface area contributed by atoms with Gasteiger partial charge in [-0.2, -0.15) is 0 Å². The number of hydrogen-bond donors (Lipinski definition) is 0. The minimum absolute atomic E-state index is 0.301. The van der Waals surface area contributed by atoms with Crippen LogP contribution in [0.25, 0.3) is 0 Å². The number of benzene rings is 1. The quantitative estimate of drug-likeness (QED) is 0.809. The van der Waals surface area contributed by atoms with E-state index in [1.165, 1.54) is 18.3 Å². The lowest BCUT2D eigenvalue weighted by Gasteiger charge is -2.08. The Balaban J connectivity index is 2.33. The predicted molar refractivity (Wildman–Crippen MR) is 60.0 cm³/mol. The van der Waals surface area contributed by atoms with E-state index < -0.39 is 17.4 Å². The van der Waals surface area contributed by atoms with E-state index in [1.807, 2.05) is 6.92 Å². The third kappa shape index (κ3) is 2.58. The van der Waals surface area contributed by atoms with Crippen molar-refractivity contribution < 1.29 is 13.5 Å². The van der Waals surface area contributed by atoms with Crippen molar-refractivity contribution in [3.05, 3.63) is 53.9 Å². The Morgan fingerprint density at radius 3 is 2.47 bits per heavy atom. The molecule has 2 aromatic rings. The van der Waals surface area contributed by atoms with E-state index in [0.29, 0.717) is 17.7 Å². The minimum Gasteiger partial charge on any atom is -0.450 e. The molecule has 1 heterocycles. The molecular weight excluding hydrogens is 224 g/mol. The zero-order valence-electron chi connectivity index (χ0n) is 9.28. The Labute approximate surface area is 97.9 Å². The number of aromatic nitrogens is 1. The van der Waals surface area contributed by atoms with E-state index in [-0.39, 0.29) is 0 Å². The van der Waals surface area contributed by atoms with Crippen LogP contribution < -0.4 is 4.74 Å². The number of aryl methyl sites for hydroxylation is 1. The molecule has 0 fully saturated rings. The zero-order chi connectivity index (χ0) is 12.3. The van der Waals surface area contributed by atoms with Gasteiger partial charge in [0.15, 0.2) is 17.4 Å². The highest BCUT2D eigenvalue weighted by Gasteiger charge is 2.13. The summed E-state index contributed by atoms with van der Waals surface area (Å²) < 4.78 is 32.3. The molecule has 0 saturated carbocycles. The van der Waals surface area contributed by atoms with Crippen LogP contribution in [0.15, 0.2) is 36.7 Å². The predicted octanol–water partition coefficient (Wildman–Crippen LogP) is 3.71. The van der Waals surface area contributed by atoms with Crippen LogP contribution >= 0.6 is 0 Å². The van der Waals surface area contributed by atoms with Crippen molar-refractivity contribution in [2.24, 2.45) is 0 Å². The maximum absolute atomic E-state index is 13.6. The van der Waals surface area contributed by atoms with Gasteiger partial charge in [0.05, 0.1) is 6.20 Å². The van der Waals surface area contributed by atoms with Crippen LogP contribution in [0.4, 0.5) is 8.78 Å². The maximum atomic E-state index is 13.6. The lowest BCUT2D eigenvalue weighted by atomic mass is 10.1. The van der Waals surface area contributed by atoms with E-state index in [9.17, 15) is 8.78 Å². The first-order valence-electron chi connectivity index (χ1n) is 5.26. The summed E-state index contributed by atoms with van der Waals surface area (Å²) in [5.74, 6) is -1.50. The van der Waals surface area contributed by atoms with Crippen molar-refractivity contribution in [3.8, 4) is 11.5 Å². The molecule has 0 N–H and O–H groups in total. The normalized spacial score (nSPS) is 10.3. The Morgan fingerprint density at radius 2 is 1.94 bits per heavy atom. The Bertz CT molecular complexity index is 491. The highest BCUT2D eigenvalue weighted by atomic mass is 19.1. The minimum atomic E-state index is -0.703. The summed E-state index contributed by atoms with van der Waals surface area (Å²) in [4.78, 5) is 3.80. The van der Waals surface area contributed by atoms with Crippen molar-refractivity contribution in [2.45, 2.75) is 13.3 Å². The van der Waals surface area contributed by atoms with Crippen molar-refractivity contribution in [3.63, 3.8) is 0 Å². The van der Waals surface area contributed by atoms with Crippen molar-refractivity contribution >= 4 is 0 Å². The van der Waals surface area contributed by atoms with Gasteiger partial charge in [-0.1, -0.05) is 6.92 Å². The molecule has 4 heteroatoms. The first kappa shape index (κ1) is 11.5. The molecule has 0 unspecified atom stereocenters. The Morgan fingerprint density at radius 1 is 1.24 bits per heavy atom. The first-order valence-corrected chi connectivity index (χ1v) is 5.26. The summed E-state index contributed by atoms with van der Waals surface area (Å²) in [6.45, 7) is 1.83. The number of ether oxygens (including phenoxy) is 1. The molecule has 0 aliphatic rings. The molecule has 2 nitrogen and oxygen atoms in total. The Hall–Kier alpha value is -1.97. The largest absolute Gasteiger partial charge is 0.450 e. The van der Waals surface area contributed by atoms with E-state index in [0.717, 1.165) is 0 Å². The molecule has 2 rings (SSSR count). The van der Waals surface area contributed by atoms with E-state index in [1.54, 1.807) is 18.3 Å². The molecule has 1 aromatic carbocycles. The van der Waals surface area contributed by atoms with Gasteiger partial charge in [-0.3, -0.25) is 4.98 Å². The van der Waals surface area contributed by atoms with Crippen molar-refractivity contribution in [1.82, 2.24) is 4.98 Å². The van der Waals surface area contributed by atoms with Crippen LogP contribution in [0.1, 0.15) is 12.5 Å². The van der Waals surface area contributed by atoms with E-state index in [4.69, 9.17) is 4.74 Å². The number of rotatable bonds is 3. The van der Waals surface area contributed by atoms with Gasteiger partial charge < -0.3 is 4.74 Å². The van der Waals surface area contributed by atoms with E-state index in [2.05, 4.69) is 4.98 Å². The smallest absolute Gasteiger partial charge is 0.198 e. The highest BCUT2D eigenvalue weighted by molar-refractivity contribution is 5.35. The summed E-state index contributed by atoms with van der Waals surface area (Å²) in [5.41, 5.74) is 0.596. The summed E-state index contributed by atoms with van der Waals surface area (Å²) >= 11 is 0. The Kier molecular flexibility index (Phi) is 3.32. The van der Waals surface area contributed by atoms with Gasteiger partial charge in [-0.05, 0) is 36.2 Å². The molecule has 0 saturated heterocycles. The first-order chi connectivity index (χ1) is 8.20. The molecule has 17 heavy (non-hydrogen) atoms. The lowest BCUT2D eigenvalue weighted by Crippen LogP contribution is -1.95. The third-order valence-corrected chi connectivity index (χ3v) is 2.32. The number of pyridine rings is 1. The second-order valence-corrected chi connectivity index (χ2v) is 3.53. The third-order valence-electron chi connectivity index (χ3n) is 2.32. The monoisotopic (exact) mass is 235 g/mol. The van der Waals surface area contributed by atoms with Crippen molar-refractivity contribution in [1.29, 1.82) is 0 Å². The zero-order valence-corrected chi connectivity index (χ0v) is 9.28. The van der Waals surface area contributed by atoms with Crippen LogP contribution in [-0.4, -0.2) is 4.98 Å². The maximum Gasteiger partial charge on any atom is 0.198 e. The standard InChI is InChI=1S/C13H11F2NO/c1-2-9-6-11(14)13(12(15)7-9)17-10-4-3-5-16-8-10/h3-8H,2H2,1H3. The highest BCUT2D eigenvalue weighted by Crippen LogP contribution is 2.28. The number of halogens is 2. The van der Waals surface area contributed by atoms with Gasteiger partial charge in [0.25, 0.3) is 0 Å². The average molecular weight is 235 g/mol. The van der Waals surface area contributed by atoms with Crippen LogP contribution in [0, 0.1) is 11.6 Å². The fourth-order valence-corrected chi connectivity index (χ4v) is 1.44. The molecule has 0 bridgehead atoms. The summed E-state index contributed by atoms with van der Waals surface area (Å²) in [6.07, 6.45) is 3.52. The molecule has 1 aromatic heterocycles. The van der Waals surface area contributed by atoms with Gasteiger partial charge in [0.1, 0.15) is 5.75 Å². The van der Waals surface area contributed by atoms with Crippen LogP contribution in [0.5, 0.6) is 11.5 Å². The molecule has 0 atom stereocenters. The average Bonchev–Trinajstić information content (AvgIpc) is 2.35. The van der Waals surface area contributed by atoms with Crippen LogP contribution in [-0.2, 0) is 6.42 Å². The fourth-order valence-electron chi connectivity index (χ4n) is 1.44. The summed E-state index contributed by atoms with van der Waals surface area (Å²) in [5, 5.41) is 0. The molecular formula is C13H11F2NO. The molecule has 0 radical (unpaired) electrons. The second-order valence-electron chi connectivity index (χ2n) is 3.53. The number of hydrogen-bond acceptors (Lipinski definition) is 2. The molecule has 0 spiro atoms. The van der Waals surface area contributed by atoms with Crippen LogP contribution in [0.2, 0.25) is 0 Å². The van der Waals surface area contributed by atoms with E-state index >= 15 is 0 Å². The summed E-state index contributed by atoms with van der Waals surface area (Å²) in [6, 6.07) is 5.76. The van der Waals surface area contributed by atoms with Gasteiger partial charge >= 0.3 is 0 Å². The summed E-state index contributed by atoms with van der Waals surface area (Å²) in [7, 11) is 0. The van der Waals surface area contributed by atoms with Gasteiger partial charge in [-0.25, -0.2) is 8.78 Å². The van der Waals surface area contributed by atoms with Gasteiger partial charge in [0.2, 0.25) is 0 Å². The fraction of sp³-hybridized carbons (Fsp3) is 0.154. The SMILES string of the molecule is CCc1cc(F)c(Oc2cccnc2)c(F)c1. The molecule has 0 amide bonds. The molecule has 0 aliphatic heterocycles. The van der Waals surface area contributed by atoms with Gasteiger partial charge in [0, 0.05) is 6.20 Å². The number of nitrogens with zero attached hydrogens (tertiary/aromatic N) is 1. The second kappa shape index (κ2) is 4.91. The molecule has 88 valence electrons. The molecule has 0 aliphatic carbocycles.